The normalized spacial score (nSPS) is 0. The first-order valence-electron chi connectivity index (χ1n) is 0. The van der Waals surface area contributed by atoms with Crippen molar-refractivity contribution in [3.05, 3.63) is 0 Å². The van der Waals surface area contributed by atoms with E-state index in [0.717, 1.165) is 0 Å². The molecule has 0 rings (SSSR count). The van der Waals surface area contributed by atoms with Gasteiger partial charge in [-0.3, -0.25) is 0 Å². The van der Waals surface area contributed by atoms with Crippen LogP contribution in [0.3, 0.4) is 0 Å². The second kappa shape index (κ2) is 411. The minimum absolute atomic E-state index is 0. The zero-order valence-electron chi connectivity index (χ0n) is 5.57. The number of hydrogen-bond donors (Lipinski definition) is 0. The molecule has 72 valence electrons. The van der Waals surface area contributed by atoms with Gasteiger partial charge in [0, 0.05) is 0 Å². The molecule has 0 aliphatic rings. The molecule has 0 aromatic carbocycles. The molecule has 0 saturated carbocycles. The molecular weight excluding hydrogens is 603 g/mol. The monoisotopic (exact) mass is 606 g/mol. The Bertz CT molecular complexity index is 15.6. The van der Waals surface area contributed by atoms with E-state index in [-0.39, 0.29) is 138 Å². The van der Waals surface area contributed by atoms with Gasteiger partial charge in [-0.1, -0.05) is 0 Å². The summed E-state index contributed by atoms with van der Waals surface area (Å²) in [6, 6.07) is 0. The van der Waals surface area contributed by atoms with Crippen molar-refractivity contribution in [2.75, 3.05) is 0 Å². The molecule has 0 aliphatic heterocycles. The Kier molecular flexibility index (Phi) is 16000. The van der Waals surface area contributed by atoms with Gasteiger partial charge in [-0.25, -0.2) is 0 Å². The molecule has 9 nitrogen and oxygen atoms in total. The molecule has 0 bridgehead atoms. The topological polar surface area (TPSA) is 256 Å². The largest absolute Gasteiger partial charge is 5.00 e. The van der Waals surface area contributed by atoms with E-state index in [2.05, 4.69) is 0 Å². The van der Waals surface area contributed by atoms with Gasteiger partial charge in [0.1, 0.15) is 0 Å². The van der Waals surface area contributed by atoms with Gasteiger partial charge >= 0.3 is 88.8 Å². The molecule has 0 heterocycles. The molecule has 0 saturated heterocycles. The summed E-state index contributed by atoms with van der Waals surface area (Å²) in [6.45, 7) is 0. The van der Waals surface area contributed by atoms with E-state index in [1.165, 1.54) is 0 Å². The van der Waals surface area contributed by atoms with E-state index in [9.17, 15) is 0 Å². The summed E-state index contributed by atoms with van der Waals surface area (Å²) in [4.78, 5) is 0. The molecule has 0 aromatic rings. The fraction of sp³-hybridized carbons (Fsp3) is 0. The average Bonchev–Trinajstić information content (AvgIpc) is 0. The van der Waals surface area contributed by atoms with Crippen LogP contribution >= 0.6 is 0 Å². The standard InChI is InChI=1S/2Hf.9O.2V/q2*+4;9*-2;2*+5. The molecule has 0 aromatic heterocycles. The van der Waals surface area contributed by atoms with E-state index in [1.54, 1.807) is 0 Å². The SMILES string of the molecule is [Hf+4].[Hf+4].[O-2].[O-2].[O-2].[O-2].[O-2].[O-2].[O-2].[O-2].[O-2].[V+5].[V+5]. The van der Waals surface area contributed by atoms with Crippen LogP contribution in [0, 0.1) is 0 Å². The Morgan fingerprint density at radius 1 is 0.231 bits per heavy atom. The third-order valence-electron chi connectivity index (χ3n) is 0. The fourth-order valence-corrected chi connectivity index (χ4v) is 0. The van der Waals surface area contributed by atoms with Crippen molar-refractivity contribution >= 4 is 0 Å². The van der Waals surface area contributed by atoms with Crippen LogP contribution in [-0.4, -0.2) is 0 Å². The van der Waals surface area contributed by atoms with Crippen molar-refractivity contribution in [2.24, 2.45) is 0 Å². The number of hydrogen-bond acceptors (Lipinski definition) is 0. The second-order valence-electron chi connectivity index (χ2n) is 0. The summed E-state index contributed by atoms with van der Waals surface area (Å²) in [6.07, 6.45) is 0. The first-order chi connectivity index (χ1) is 0. The molecule has 0 radical (unpaired) electrons. The molecule has 0 unspecified atom stereocenters. The number of rotatable bonds is 0. The molecule has 13 heavy (non-hydrogen) atoms. The van der Waals surface area contributed by atoms with E-state index in [4.69, 9.17) is 0 Å². The molecule has 0 spiro atoms. The maximum absolute atomic E-state index is 0. The van der Waals surface area contributed by atoms with Crippen molar-refractivity contribution in [1.82, 2.24) is 0 Å². The summed E-state index contributed by atoms with van der Waals surface area (Å²) in [5, 5.41) is 0. The van der Waals surface area contributed by atoms with Crippen LogP contribution in [0.25, 0.3) is 0 Å². The summed E-state index contributed by atoms with van der Waals surface area (Å²) in [5.74, 6) is 0. The molecular formula is Hf2O9V2. The second-order valence-corrected chi connectivity index (χ2v) is 0. The summed E-state index contributed by atoms with van der Waals surface area (Å²) in [7, 11) is 0. The van der Waals surface area contributed by atoms with Gasteiger partial charge < -0.3 is 49.3 Å². The molecule has 13 heteroatoms. The zero-order valence-corrected chi connectivity index (χ0v) is 15.5. The molecule has 0 atom stereocenters. The predicted molar refractivity (Wildman–Crippen MR) is 6.18 cm³/mol. The minimum atomic E-state index is 0. The van der Waals surface area contributed by atoms with Gasteiger partial charge in [0.25, 0.3) is 0 Å². The summed E-state index contributed by atoms with van der Waals surface area (Å²) >= 11 is 0. The van der Waals surface area contributed by atoms with Gasteiger partial charge in [-0.2, -0.15) is 0 Å². The Morgan fingerprint density at radius 3 is 0.231 bits per heavy atom. The van der Waals surface area contributed by atoms with Gasteiger partial charge in [0.05, 0.1) is 0 Å². The molecule has 0 fully saturated rings. The van der Waals surface area contributed by atoms with Crippen molar-refractivity contribution in [1.29, 1.82) is 0 Å². The van der Waals surface area contributed by atoms with E-state index < -0.39 is 0 Å². The zero-order chi connectivity index (χ0) is 0. The van der Waals surface area contributed by atoms with Crippen molar-refractivity contribution in [2.45, 2.75) is 0 Å². The van der Waals surface area contributed by atoms with Crippen LogP contribution in [-0.2, 0) is 138 Å². The van der Waals surface area contributed by atoms with Gasteiger partial charge in [0.2, 0.25) is 0 Å². The Morgan fingerprint density at radius 2 is 0.231 bits per heavy atom. The Labute approximate surface area is 137 Å². The maximum atomic E-state index is 0. The minimum Gasteiger partial charge on any atom is -2.00 e. The maximum Gasteiger partial charge on any atom is 5.00 e. The van der Waals surface area contributed by atoms with E-state index >= 15 is 0 Å². The van der Waals surface area contributed by atoms with Crippen LogP contribution in [0.5, 0.6) is 0 Å². The van der Waals surface area contributed by atoms with Crippen LogP contribution in [0.4, 0.5) is 0 Å². The first kappa shape index (κ1) is 507. The summed E-state index contributed by atoms with van der Waals surface area (Å²) in [5.41, 5.74) is 0. The van der Waals surface area contributed by atoms with Gasteiger partial charge in [-0.05, 0) is 0 Å². The smallest absolute Gasteiger partial charge is 2.00 e. The quantitative estimate of drug-likeness (QED) is 0.300. The average molecular weight is 603 g/mol. The van der Waals surface area contributed by atoms with E-state index in [0.29, 0.717) is 0 Å². The van der Waals surface area contributed by atoms with Crippen LogP contribution in [0.15, 0.2) is 0 Å². The van der Waals surface area contributed by atoms with Crippen LogP contribution in [0.2, 0.25) is 0 Å². The predicted octanol–water partition coefficient (Wildman–Crippen LogP) is -1.08. The molecule has 0 amide bonds. The Balaban J connectivity index is 0. The fourth-order valence-electron chi connectivity index (χ4n) is 0. The van der Waals surface area contributed by atoms with Crippen molar-refractivity contribution in [3.63, 3.8) is 0 Å². The van der Waals surface area contributed by atoms with Crippen molar-refractivity contribution in [3.8, 4) is 0 Å². The summed E-state index contributed by atoms with van der Waals surface area (Å²) < 4.78 is 0. The Hall–Kier alpha value is 2.55. The first-order valence-corrected chi connectivity index (χ1v) is 0. The van der Waals surface area contributed by atoms with Crippen LogP contribution < -0.4 is 0 Å². The molecule has 0 N–H and O–H groups in total. The van der Waals surface area contributed by atoms with E-state index in [1.807, 2.05) is 0 Å². The van der Waals surface area contributed by atoms with Gasteiger partial charge in [0.15, 0.2) is 0 Å². The van der Waals surface area contributed by atoms with Crippen LogP contribution in [0.1, 0.15) is 0 Å². The third kappa shape index (κ3) is 353. The van der Waals surface area contributed by atoms with Crippen molar-refractivity contribution < 1.29 is 138 Å². The van der Waals surface area contributed by atoms with Gasteiger partial charge in [-0.15, -0.1) is 0 Å². The molecule has 0 aliphatic carbocycles. The third-order valence-corrected chi connectivity index (χ3v) is 0.